The number of ether oxygens (including phenoxy) is 1. The quantitative estimate of drug-likeness (QED) is 0.856. The highest BCUT2D eigenvalue weighted by Gasteiger charge is 2.19. The molecule has 0 spiro atoms. The molecule has 1 heterocycles. The monoisotopic (exact) mass is 357 g/mol. The molecule has 4 nitrogen and oxygen atoms in total. The molecule has 2 aromatic rings. The number of benzene rings is 1. The van der Waals surface area contributed by atoms with Crippen molar-refractivity contribution in [3.05, 3.63) is 45.8 Å². The van der Waals surface area contributed by atoms with Gasteiger partial charge in [-0.2, -0.15) is 5.10 Å². The number of nitrogens with two attached hydrogens (primary N) is 1. The minimum atomic E-state index is -0.0344. The van der Waals surface area contributed by atoms with E-state index in [1.165, 1.54) is 0 Å². The van der Waals surface area contributed by atoms with Crippen LogP contribution in [0.15, 0.2) is 36.7 Å². The lowest BCUT2D eigenvalue weighted by Gasteiger charge is -2.22. The van der Waals surface area contributed by atoms with Gasteiger partial charge in [0.2, 0.25) is 0 Å². The molecule has 1 aromatic heterocycles. The first-order valence-electron chi connectivity index (χ1n) is 5.71. The predicted octanol–water partition coefficient (Wildman–Crippen LogP) is 2.43. The summed E-state index contributed by atoms with van der Waals surface area (Å²) in [5, 5.41) is 4.36. The summed E-state index contributed by atoms with van der Waals surface area (Å²) in [6, 6.07) is 7.93. The van der Waals surface area contributed by atoms with Crippen molar-refractivity contribution < 1.29 is 4.74 Å². The third-order valence-electron chi connectivity index (χ3n) is 2.79. The number of hydrogen-bond acceptors (Lipinski definition) is 3. The van der Waals surface area contributed by atoms with E-state index in [4.69, 9.17) is 10.5 Å². The van der Waals surface area contributed by atoms with E-state index in [0.717, 1.165) is 14.9 Å². The van der Waals surface area contributed by atoms with Crippen molar-refractivity contribution in [1.29, 1.82) is 0 Å². The summed E-state index contributed by atoms with van der Waals surface area (Å²) in [4.78, 5) is 0. The normalized spacial score (nSPS) is 14.2. The van der Waals surface area contributed by atoms with Gasteiger partial charge in [0.15, 0.2) is 0 Å². The van der Waals surface area contributed by atoms with E-state index in [0.29, 0.717) is 0 Å². The molecule has 0 fully saturated rings. The summed E-state index contributed by atoms with van der Waals surface area (Å²) in [5.74, 6) is 0.833. The van der Waals surface area contributed by atoms with E-state index in [2.05, 4.69) is 27.7 Å². The maximum atomic E-state index is 6.10. The Balaban J connectivity index is 2.41. The molecular weight excluding hydrogens is 341 g/mol. The first-order valence-corrected chi connectivity index (χ1v) is 6.79. The van der Waals surface area contributed by atoms with Crippen LogP contribution in [0, 0.1) is 3.57 Å². The standard InChI is InChI=1S/C13H16IN3O/c1-9(15)13(17-8-11(14)7-16-17)10-4-3-5-12(6-10)18-2/h3-9,13H,15H2,1-2H3. The van der Waals surface area contributed by atoms with Crippen molar-refractivity contribution in [3.8, 4) is 5.75 Å². The lowest BCUT2D eigenvalue weighted by Crippen LogP contribution is -2.30. The Labute approximate surface area is 120 Å². The molecule has 0 aliphatic rings. The summed E-state index contributed by atoms with van der Waals surface area (Å²) in [6.45, 7) is 1.98. The van der Waals surface area contributed by atoms with Crippen LogP contribution in [0.2, 0.25) is 0 Å². The van der Waals surface area contributed by atoms with Crippen LogP contribution in [-0.2, 0) is 0 Å². The number of rotatable bonds is 4. The van der Waals surface area contributed by atoms with E-state index < -0.39 is 0 Å². The molecule has 18 heavy (non-hydrogen) atoms. The summed E-state index contributed by atoms with van der Waals surface area (Å²) in [6.07, 6.45) is 3.82. The van der Waals surface area contributed by atoms with E-state index in [-0.39, 0.29) is 12.1 Å². The molecule has 2 atom stereocenters. The Bertz CT molecular complexity index is 524. The Morgan fingerprint density at radius 3 is 2.78 bits per heavy atom. The summed E-state index contributed by atoms with van der Waals surface area (Å²) < 4.78 is 8.26. The fourth-order valence-electron chi connectivity index (χ4n) is 1.99. The molecule has 2 unspecified atom stereocenters. The first kappa shape index (κ1) is 13.4. The molecule has 1 aromatic carbocycles. The van der Waals surface area contributed by atoms with Crippen molar-refractivity contribution in [1.82, 2.24) is 9.78 Å². The van der Waals surface area contributed by atoms with Crippen LogP contribution in [-0.4, -0.2) is 22.9 Å². The van der Waals surface area contributed by atoms with Crippen LogP contribution in [0.4, 0.5) is 0 Å². The molecular formula is C13H16IN3O. The van der Waals surface area contributed by atoms with Gasteiger partial charge in [-0.05, 0) is 47.2 Å². The summed E-state index contributed by atoms with van der Waals surface area (Å²) in [5.41, 5.74) is 7.20. The fourth-order valence-corrected chi connectivity index (χ4v) is 2.40. The van der Waals surface area contributed by atoms with Crippen molar-refractivity contribution in [2.75, 3.05) is 7.11 Å². The number of aromatic nitrogens is 2. The number of halogens is 1. The third-order valence-corrected chi connectivity index (χ3v) is 3.35. The van der Waals surface area contributed by atoms with Gasteiger partial charge in [-0.1, -0.05) is 12.1 Å². The van der Waals surface area contributed by atoms with Gasteiger partial charge in [-0.3, -0.25) is 4.68 Å². The fraction of sp³-hybridized carbons (Fsp3) is 0.308. The SMILES string of the molecule is COc1cccc(C(C(C)N)n2cc(I)cn2)c1. The average Bonchev–Trinajstić information content (AvgIpc) is 2.75. The molecule has 0 aliphatic carbocycles. The number of hydrogen-bond donors (Lipinski definition) is 1. The molecule has 2 rings (SSSR count). The van der Waals surface area contributed by atoms with Crippen molar-refractivity contribution in [2.45, 2.75) is 19.0 Å². The third kappa shape index (κ3) is 2.84. The van der Waals surface area contributed by atoms with Crippen molar-refractivity contribution in [2.24, 2.45) is 5.73 Å². The molecule has 0 amide bonds. The van der Waals surface area contributed by atoms with Gasteiger partial charge in [-0.25, -0.2) is 0 Å². The molecule has 5 heteroatoms. The van der Waals surface area contributed by atoms with Gasteiger partial charge >= 0.3 is 0 Å². The Hall–Kier alpha value is -1.08. The zero-order chi connectivity index (χ0) is 13.1. The van der Waals surface area contributed by atoms with Gasteiger partial charge in [0.25, 0.3) is 0 Å². The molecule has 96 valence electrons. The Morgan fingerprint density at radius 1 is 1.44 bits per heavy atom. The second-order valence-electron chi connectivity index (χ2n) is 4.22. The van der Waals surface area contributed by atoms with Gasteiger partial charge in [0.05, 0.1) is 22.9 Å². The number of methoxy groups -OCH3 is 1. The van der Waals surface area contributed by atoms with E-state index >= 15 is 0 Å². The zero-order valence-electron chi connectivity index (χ0n) is 10.4. The Morgan fingerprint density at radius 2 is 2.22 bits per heavy atom. The predicted molar refractivity (Wildman–Crippen MR) is 79.7 cm³/mol. The zero-order valence-corrected chi connectivity index (χ0v) is 12.5. The van der Waals surface area contributed by atoms with Crippen molar-refractivity contribution in [3.63, 3.8) is 0 Å². The lowest BCUT2D eigenvalue weighted by atomic mass is 10.0. The molecule has 2 N–H and O–H groups in total. The van der Waals surface area contributed by atoms with Gasteiger partial charge in [0, 0.05) is 12.2 Å². The second kappa shape index (κ2) is 5.71. The number of nitrogens with zero attached hydrogens (tertiary/aromatic N) is 2. The Kier molecular flexibility index (Phi) is 4.23. The van der Waals surface area contributed by atoms with Crippen LogP contribution in [0.1, 0.15) is 18.5 Å². The molecule has 0 saturated carbocycles. The van der Waals surface area contributed by atoms with Gasteiger partial charge in [0.1, 0.15) is 5.75 Å². The van der Waals surface area contributed by atoms with Gasteiger partial charge in [-0.15, -0.1) is 0 Å². The largest absolute Gasteiger partial charge is 0.497 e. The smallest absolute Gasteiger partial charge is 0.119 e. The maximum absolute atomic E-state index is 6.10. The summed E-state index contributed by atoms with van der Waals surface area (Å²) >= 11 is 2.24. The molecule has 0 aliphatic heterocycles. The van der Waals surface area contributed by atoms with E-state index in [9.17, 15) is 0 Å². The topological polar surface area (TPSA) is 53.1 Å². The second-order valence-corrected chi connectivity index (χ2v) is 5.46. The molecule has 0 radical (unpaired) electrons. The summed E-state index contributed by atoms with van der Waals surface area (Å²) in [7, 11) is 1.66. The molecule has 0 saturated heterocycles. The lowest BCUT2D eigenvalue weighted by molar-refractivity contribution is 0.409. The minimum Gasteiger partial charge on any atom is -0.497 e. The highest BCUT2D eigenvalue weighted by molar-refractivity contribution is 14.1. The highest BCUT2D eigenvalue weighted by atomic mass is 127. The van der Waals surface area contributed by atoms with Crippen LogP contribution < -0.4 is 10.5 Å². The van der Waals surface area contributed by atoms with E-state index in [1.54, 1.807) is 7.11 Å². The first-order chi connectivity index (χ1) is 8.61. The van der Waals surface area contributed by atoms with Crippen LogP contribution >= 0.6 is 22.6 Å². The minimum absolute atomic E-state index is 0.0172. The van der Waals surface area contributed by atoms with Crippen LogP contribution in [0.25, 0.3) is 0 Å². The van der Waals surface area contributed by atoms with Crippen LogP contribution in [0.5, 0.6) is 5.75 Å². The maximum Gasteiger partial charge on any atom is 0.119 e. The van der Waals surface area contributed by atoms with Crippen LogP contribution in [0.3, 0.4) is 0 Å². The highest BCUT2D eigenvalue weighted by Crippen LogP contribution is 2.24. The van der Waals surface area contributed by atoms with E-state index in [1.807, 2.05) is 48.3 Å². The van der Waals surface area contributed by atoms with Gasteiger partial charge < -0.3 is 10.5 Å². The average molecular weight is 357 g/mol. The molecule has 0 bridgehead atoms. The van der Waals surface area contributed by atoms with Crippen molar-refractivity contribution >= 4 is 22.6 Å².